The third-order valence-corrected chi connectivity index (χ3v) is 3.95. The monoisotopic (exact) mass is 329 g/mol. The van der Waals surface area contributed by atoms with Crippen LogP contribution in [0.3, 0.4) is 0 Å². The van der Waals surface area contributed by atoms with Crippen molar-refractivity contribution in [3.05, 3.63) is 28.2 Å². The summed E-state index contributed by atoms with van der Waals surface area (Å²) < 4.78 is 0.939. The summed E-state index contributed by atoms with van der Waals surface area (Å²) in [6.45, 7) is 7.85. The van der Waals surface area contributed by atoms with Crippen LogP contribution in [0.2, 0.25) is 0 Å². The Morgan fingerprint density at radius 3 is 2.61 bits per heavy atom. The highest BCUT2D eigenvalue weighted by molar-refractivity contribution is 9.10. The molecule has 0 aliphatic carbocycles. The predicted molar refractivity (Wildman–Crippen MR) is 82.4 cm³/mol. The van der Waals surface area contributed by atoms with Gasteiger partial charge in [-0.3, -0.25) is 4.79 Å². The number of rotatable bonds is 5. The van der Waals surface area contributed by atoms with Gasteiger partial charge < -0.3 is 4.90 Å². The Labute approximate surface area is 123 Å². The van der Waals surface area contributed by atoms with Crippen molar-refractivity contribution in [3.63, 3.8) is 0 Å². The van der Waals surface area contributed by atoms with E-state index in [-0.39, 0.29) is 5.91 Å². The van der Waals surface area contributed by atoms with Crippen molar-refractivity contribution >= 4 is 34.5 Å². The van der Waals surface area contributed by atoms with Crippen LogP contribution >= 0.6 is 28.6 Å². The lowest BCUT2D eigenvalue weighted by atomic mass is 10.1. The van der Waals surface area contributed by atoms with Crippen LogP contribution < -0.4 is 0 Å². The molecule has 100 valence electrons. The van der Waals surface area contributed by atoms with Gasteiger partial charge in [-0.2, -0.15) is 0 Å². The molecule has 4 heteroatoms. The Bertz CT molecular complexity index is 422. The molecule has 0 N–H and O–H groups in total. The minimum absolute atomic E-state index is 0.0651. The van der Waals surface area contributed by atoms with Gasteiger partial charge in [-0.05, 0) is 31.0 Å². The van der Waals surface area contributed by atoms with E-state index in [1.54, 1.807) is 0 Å². The van der Waals surface area contributed by atoms with Crippen molar-refractivity contribution in [2.24, 2.45) is 5.92 Å². The van der Waals surface area contributed by atoms with Gasteiger partial charge in [-0.1, -0.05) is 36.2 Å². The fourth-order valence-corrected chi connectivity index (χ4v) is 2.56. The average Bonchev–Trinajstić information content (AvgIpc) is 2.34. The third-order valence-electron chi connectivity index (χ3n) is 3.09. The minimum atomic E-state index is 0.0651. The second kappa shape index (κ2) is 7.19. The van der Waals surface area contributed by atoms with Gasteiger partial charge in [-0.15, -0.1) is 12.6 Å². The number of hydrogen-bond acceptors (Lipinski definition) is 2. The zero-order chi connectivity index (χ0) is 13.7. The maximum Gasteiger partial charge on any atom is 0.254 e. The summed E-state index contributed by atoms with van der Waals surface area (Å²) >= 11 is 7.75. The highest BCUT2D eigenvalue weighted by atomic mass is 79.9. The first-order chi connectivity index (χ1) is 8.49. The summed E-state index contributed by atoms with van der Waals surface area (Å²) in [5.41, 5.74) is 0.673. The Morgan fingerprint density at radius 2 is 2.11 bits per heavy atom. The molecule has 1 rings (SSSR count). The van der Waals surface area contributed by atoms with Crippen molar-refractivity contribution < 1.29 is 4.79 Å². The summed E-state index contributed by atoms with van der Waals surface area (Å²) in [5.74, 6) is 0.586. The second-order valence-corrected chi connectivity index (χ2v) is 5.92. The molecule has 0 radical (unpaired) electrons. The quantitative estimate of drug-likeness (QED) is 0.801. The van der Waals surface area contributed by atoms with Crippen LogP contribution in [0, 0.1) is 5.92 Å². The molecule has 1 unspecified atom stereocenters. The largest absolute Gasteiger partial charge is 0.339 e. The van der Waals surface area contributed by atoms with Gasteiger partial charge in [0, 0.05) is 22.5 Å². The number of thiol groups is 1. The smallest absolute Gasteiger partial charge is 0.254 e. The number of carbonyl (C=O) groups excluding carboxylic acids is 1. The normalized spacial score (nSPS) is 12.3. The molecule has 0 fully saturated rings. The Balaban J connectivity index is 2.89. The van der Waals surface area contributed by atoms with Gasteiger partial charge >= 0.3 is 0 Å². The van der Waals surface area contributed by atoms with E-state index in [9.17, 15) is 4.79 Å². The molecule has 18 heavy (non-hydrogen) atoms. The maximum absolute atomic E-state index is 12.4. The van der Waals surface area contributed by atoms with Gasteiger partial charge in [0.05, 0.1) is 5.56 Å². The second-order valence-electron chi connectivity index (χ2n) is 4.52. The summed E-state index contributed by atoms with van der Waals surface area (Å²) in [5, 5.41) is 0. The first kappa shape index (κ1) is 15.6. The van der Waals surface area contributed by atoms with E-state index < -0.39 is 0 Å². The Kier molecular flexibility index (Phi) is 6.22. The van der Waals surface area contributed by atoms with Crippen molar-refractivity contribution in [1.29, 1.82) is 0 Å². The lowest BCUT2D eigenvalue weighted by molar-refractivity contribution is 0.0737. The Morgan fingerprint density at radius 1 is 1.44 bits per heavy atom. The van der Waals surface area contributed by atoms with E-state index in [0.717, 1.165) is 28.9 Å². The molecule has 1 atom stereocenters. The fraction of sp³-hybridized carbons (Fsp3) is 0.500. The Hall–Kier alpha value is -0.480. The van der Waals surface area contributed by atoms with E-state index in [1.807, 2.05) is 30.0 Å². The van der Waals surface area contributed by atoms with E-state index in [1.165, 1.54) is 0 Å². The van der Waals surface area contributed by atoms with Gasteiger partial charge in [0.1, 0.15) is 0 Å². The van der Waals surface area contributed by atoms with Crippen molar-refractivity contribution in [1.82, 2.24) is 4.90 Å². The molecule has 1 amide bonds. The fourth-order valence-electron chi connectivity index (χ4n) is 1.72. The summed E-state index contributed by atoms with van der Waals surface area (Å²) in [6.07, 6.45) is 1.08. The minimum Gasteiger partial charge on any atom is -0.339 e. The third kappa shape index (κ3) is 4.02. The number of amides is 1. The van der Waals surface area contributed by atoms with Gasteiger partial charge in [-0.25, -0.2) is 0 Å². The van der Waals surface area contributed by atoms with E-state index in [2.05, 4.69) is 42.4 Å². The molecular formula is C14H20BrNOS. The zero-order valence-electron chi connectivity index (χ0n) is 11.1. The molecule has 0 spiro atoms. The van der Waals surface area contributed by atoms with Crippen LogP contribution in [0.5, 0.6) is 0 Å². The number of nitrogens with zero attached hydrogens (tertiary/aromatic N) is 1. The number of benzene rings is 1. The summed E-state index contributed by atoms with van der Waals surface area (Å²) in [4.78, 5) is 15.0. The van der Waals surface area contributed by atoms with Crippen LogP contribution in [0.1, 0.15) is 37.6 Å². The van der Waals surface area contributed by atoms with E-state index in [4.69, 9.17) is 0 Å². The molecular weight excluding hydrogens is 310 g/mol. The van der Waals surface area contributed by atoms with Crippen LogP contribution in [-0.4, -0.2) is 23.9 Å². The molecule has 1 aromatic carbocycles. The van der Waals surface area contributed by atoms with E-state index >= 15 is 0 Å². The zero-order valence-corrected chi connectivity index (χ0v) is 13.6. The molecule has 0 aromatic heterocycles. The lowest BCUT2D eigenvalue weighted by Crippen LogP contribution is -2.34. The van der Waals surface area contributed by atoms with Crippen LogP contribution in [0.15, 0.2) is 27.6 Å². The van der Waals surface area contributed by atoms with Crippen LogP contribution in [-0.2, 0) is 0 Å². The molecule has 1 aromatic rings. The van der Waals surface area contributed by atoms with Crippen molar-refractivity contribution in [3.8, 4) is 0 Å². The first-order valence-corrected chi connectivity index (χ1v) is 7.51. The number of halogens is 1. The van der Waals surface area contributed by atoms with Crippen molar-refractivity contribution in [2.45, 2.75) is 32.1 Å². The van der Waals surface area contributed by atoms with E-state index in [0.29, 0.717) is 11.5 Å². The molecule has 0 aliphatic heterocycles. The molecule has 0 bridgehead atoms. The topological polar surface area (TPSA) is 20.3 Å². The van der Waals surface area contributed by atoms with Gasteiger partial charge in [0.15, 0.2) is 0 Å². The highest BCUT2D eigenvalue weighted by Crippen LogP contribution is 2.21. The van der Waals surface area contributed by atoms with Gasteiger partial charge in [0.2, 0.25) is 0 Å². The first-order valence-electron chi connectivity index (χ1n) is 6.27. The number of carbonyl (C=O) groups is 1. The SMILES string of the molecule is CCC(C)CN(CC)C(=O)c1ccc(Br)cc1S. The number of hydrogen-bond donors (Lipinski definition) is 1. The molecule has 2 nitrogen and oxygen atoms in total. The molecule has 0 saturated heterocycles. The average molecular weight is 330 g/mol. The summed E-state index contributed by atoms with van der Waals surface area (Å²) in [7, 11) is 0. The summed E-state index contributed by atoms with van der Waals surface area (Å²) in [6, 6.07) is 5.56. The molecule has 0 heterocycles. The lowest BCUT2D eigenvalue weighted by Gasteiger charge is -2.24. The predicted octanol–water partition coefficient (Wildman–Crippen LogP) is 4.25. The van der Waals surface area contributed by atoms with Crippen LogP contribution in [0.4, 0.5) is 0 Å². The van der Waals surface area contributed by atoms with Gasteiger partial charge in [0.25, 0.3) is 5.91 Å². The molecule has 0 saturated carbocycles. The van der Waals surface area contributed by atoms with Crippen molar-refractivity contribution in [2.75, 3.05) is 13.1 Å². The van der Waals surface area contributed by atoms with Crippen LogP contribution in [0.25, 0.3) is 0 Å². The maximum atomic E-state index is 12.4. The molecule has 0 aliphatic rings. The standard InChI is InChI=1S/C14H20BrNOS/c1-4-10(3)9-16(5-2)14(17)12-7-6-11(15)8-13(12)18/h6-8,10,18H,4-5,9H2,1-3H3. The highest BCUT2D eigenvalue weighted by Gasteiger charge is 2.18.